The maximum absolute atomic E-state index is 5.62. The molecule has 0 saturated carbocycles. The first-order chi connectivity index (χ1) is 9.60. The molecule has 1 atom stereocenters. The Morgan fingerprint density at radius 3 is 2.80 bits per heavy atom. The molecule has 112 valence electrons. The van der Waals surface area contributed by atoms with Crippen LogP contribution in [0.5, 0.6) is 6.01 Å². The van der Waals surface area contributed by atoms with Crippen LogP contribution in [0.2, 0.25) is 0 Å². The van der Waals surface area contributed by atoms with Gasteiger partial charge in [0.25, 0.3) is 0 Å². The molecule has 1 aliphatic rings. The number of hydrogen-bond donors (Lipinski definition) is 1. The van der Waals surface area contributed by atoms with E-state index in [2.05, 4.69) is 25.2 Å². The summed E-state index contributed by atoms with van der Waals surface area (Å²) in [6.07, 6.45) is 1.22. The van der Waals surface area contributed by atoms with Crippen molar-refractivity contribution in [3.05, 3.63) is 0 Å². The monoisotopic (exact) mass is 297 g/mol. The Bertz CT molecular complexity index is 437. The van der Waals surface area contributed by atoms with E-state index in [0.717, 1.165) is 12.3 Å². The fourth-order valence-corrected chi connectivity index (χ4v) is 3.26. The lowest BCUT2D eigenvalue weighted by molar-refractivity contribution is 0.222. The maximum Gasteiger partial charge on any atom is 0.323 e. The summed E-state index contributed by atoms with van der Waals surface area (Å²) in [6, 6.07) is 0.877. The van der Waals surface area contributed by atoms with Crippen LogP contribution < -0.4 is 15.0 Å². The molecular formula is C13H23N5OS. The van der Waals surface area contributed by atoms with E-state index in [1.165, 1.54) is 12.2 Å². The number of ether oxygens (including phenoxy) is 1. The number of nitrogens with zero attached hydrogens (tertiary/aromatic N) is 4. The molecule has 1 saturated heterocycles. The third-order valence-electron chi connectivity index (χ3n) is 3.05. The molecule has 1 unspecified atom stereocenters. The van der Waals surface area contributed by atoms with Crippen molar-refractivity contribution in [2.24, 2.45) is 0 Å². The van der Waals surface area contributed by atoms with E-state index in [-0.39, 0.29) is 6.10 Å². The van der Waals surface area contributed by atoms with Gasteiger partial charge in [-0.15, -0.1) is 0 Å². The van der Waals surface area contributed by atoms with E-state index in [1.807, 2.05) is 39.6 Å². The van der Waals surface area contributed by atoms with Crippen LogP contribution in [0.1, 0.15) is 27.2 Å². The molecule has 1 N–H and O–H groups in total. The largest absolute Gasteiger partial charge is 0.461 e. The van der Waals surface area contributed by atoms with Gasteiger partial charge in [-0.05, 0) is 32.9 Å². The van der Waals surface area contributed by atoms with Gasteiger partial charge in [-0.3, -0.25) is 0 Å². The summed E-state index contributed by atoms with van der Waals surface area (Å²) in [6.45, 7) is 6.72. The van der Waals surface area contributed by atoms with E-state index >= 15 is 0 Å². The summed E-state index contributed by atoms with van der Waals surface area (Å²) in [5.74, 6) is 3.58. The molecule has 0 radical (unpaired) electrons. The van der Waals surface area contributed by atoms with E-state index in [0.29, 0.717) is 23.9 Å². The Hall–Kier alpha value is -1.24. The Morgan fingerprint density at radius 1 is 1.40 bits per heavy atom. The Balaban J connectivity index is 2.22. The molecule has 6 nitrogen and oxygen atoms in total. The van der Waals surface area contributed by atoms with Crippen LogP contribution in [0, 0.1) is 0 Å². The molecule has 1 aliphatic heterocycles. The van der Waals surface area contributed by atoms with Gasteiger partial charge in [-0.1, -0.05) is 0 Å². The summed E-state index contributed by atoms with van der Waals surface area (Å²) in [5, 5.41) is 3.13. The second-order valence-corrected chi connectivity index (χ2v) is 6.22. The molecule has 0 bridgehead atoms. The van der Waals surface area contributed by atoms with Crippen LogP contribution in [0.25, 0.3) is 0 Å². The second kappa shape index (κ2) is 6.97. The number of anilines is 2. The van der Waals surface area contributed by atoms with Gasteiger partial charge in [0.1, 0.15) is 0 Å². The highest BCUT2D eigenvalue weighted by Crippen LogP contribution is 2.25. The first-order valence-electron chi connectivity index (χ1n) is 7.07. The highest BCUT2D eigenvalue weighted by Gasteiger charge is 2.23. The molecule has 20 heavy (non-hydrogen) atoms. The second-order valence-electron chi connectivity index (χ2n) is 5.07. The van der Waals surface area contributed by atoms with E-state index in [9.17, 15) is 0 Å². The standard InChI is InChI=1S/C13H23N5OS/c1-5-14-11-15-12(17-13(16-11)19-9(2)3)18(4)10-6-7-20-8-10/h9-10H,5-8H2,1-4H3,(H,14,15,16,17). The first kappa shape index (κ1) is 15.2. The minimum atomic E-state index is 0.0482. The normalized spacial score (nSPS) is 18.4. The van der Waals surface area contributed by atoms with Crippen LogP contribution in [-0.4, -0.2) is 52.2 Å². The predicted molar refractivity (Wildman–Crippen MR) is 83.9 cm³/mol. The highest BCUT2D eigenvalue weighted by molar-refractivity contribution is 7.99. The number of nitrogens with one attached hydrogen (secondary N) is 1. The summed E-state index contributed by atoms with van der Waals surface area (Å²) in [4.78, 5) is 15.3. The summed E-state index contributed by atoms with van der Waals surface area (Å²) >= 11 is 1.97. The van der Waals surface area contributed by atoms with Crippen molar-refractivity contribution in [1.82, 2.24) is 15.0 Å². The van der Waals surface area contributed by atoms with Gasteiger partial charge in [-0.2, -0.15) is 26.7 Å². The zero-order valence-electron chi connectivity index (χ0n) is 12.6. The Morgan fingerprint density at radius 2 is 2.20 bits per heavy atom. The van der Waals surface area contributed by atoms with Crippen molar-refractivity contribution in [3.8, 4) is 6.01 Å². The zero-order valence-corrected chi connectivity index (χ0v) is 13.4. The highest BCUT2D eigenvalue weighted by atomic mass is 32.2. The fourth-order valence-electron chi connectivity index (χ4n) is 2.00. The van der Waals surface area contributed by atoms with Gasteiger partial charge < -0.3 is 15.0 Å². The maximum atomic E-state index is 5.62. The Kier molecular flexibility index (Phi) is 5.28. The minimum absolute atomic E-state index is 0.0482. The molecular weight excluding hydrogens is 274 g/mol. The van der Waals surface area contributed by atoms with Crippen LogP contribution in [-0.2, 0) is 0 Å². The third-order valence-corrected chi connectivity index (χ3v) is 4.19. The van der Waals surface area contributed by atoms with E-state index in [4.69, 9.17) is 4.74 Å². The minimum Gasteiger partial charge on any atom is -0.461 e. The number of thioether (sulfide) groups is 1. The van der Waals surface area contributed by atoms with Gasteiger partial charge in [-0.25, -0.2) is 0 Å². The number of hydrogen-bond acceptors (Lipinski definition) is 7. The molecule has 0 aromatic carbocycles. The van der Waals surface area contributed by atoms with Crippen LogP contribution in [0.3, 0.4) is 0 Å². The van der Waals surface area contributed by atoms with Crippen LogP contribution in [0.15, 0.2) is 0 Å². The average molecular weight is 297 g/mol. The predicted octanol–water partition coefficient (Wildman–Crippen LogP) is 2.03. The van der Waals surface area contributed by atoms with Crippen molar-refractivity contribution in [2.45, 2.75) is 39.3 Å². The van der Waals surface area contributed by atoms with Crippen LogP contribution in [0.4, 0.5) is 11.9 Å². The van der Waals surface area contributed by atoms with Gasteiger partial charge in [0.05, 0.1) is 6.10 Å². The molecule has 1 aromatic heterocycles. The molecule has 0 aliphatic carbocycles. The molecule has 1 aromatic rings. The topological polar surface area (TPSA) is 63.2 Å². The molecule has 2 rings (SSSR count). The molecule has 0 amide bonds. The van der Waals surface area contributed by atoms with Crippen molar-refractivity contribution < 1.29 is 4.74 Å². The summed E-state index contributed by atoms with van der Waals surface area (Å²) in [5.41, 5.74) is 0. The third kappa shape index (κ3) is 3.88. The average Bonchev–Trinajstić information content (AvgIpc) is 2.91. The van der Waals surface area contributed by atoms with Gasteiger partial charge in [0.15, 0.2) is 0 Å². The Labute approximate surface area is 124 Å². The first-order valence-corrected chi connectivity index (χ1v) is 8.22. The number of rotatable bonds is 6. The van der Waals surface area contributed by atoms with Gasteiger partial charge >= 0.3 is 6.01 Å². The summed E-state index contributed by atoms with van der Waals surface area (Å²) < 4.78 is 5.62. The van der Waals surface area contributed by atoms with Crippen LogP contribution >= 0.6 is 11.8 Å². The number of aromatic nitrogens is 3. The lowest BCUT2D eigenvalue weighted by Gasteiger charge is -2.24. The summed E-state index contributed by atoms with van der Waals surface area (Å²) in [7, 11) is 2.04. The molecule has 7 heteroatoms. The quantitative estimate of drug-likeness (QED) is 0.862. The smallest absolute Gasteiger partial charge is 0.323 e. The molecule has 0 spiro atoms. The SMILES string of the molecule is CCNc1nc(OC(C)C)nc(N(C)C2CCSC2)n1. The van der Waals surface area contributed by atoms with Crippen molar-refractivity contribution in [1.29, 1.82) is 0 Å². The lowest BCUT2D eigenvalue weighted by atomic mass is 10.2. The van der Waals surface area contributed by atoms with E-state index in [1.54, 1.807) is 0 Å². The van der Waals surface area contributed by atoms with Gasteiger partial charge in [0.2, 0.25) is 11.9 Å². The van der Waals surface area contributed by atoms with Crippen molar-refractivity contribution in [3.63, 3.8) is 0 Å². The van der Waals surface area contributed by atoms with E-state index < -0.39 is 0 Å². The molecule has 1 fully saturated rings. The lowest BCUT2D eigenvalue weighted by Crippen LogP contribution is -2.33. The zero-order chi connectivity index (χ0) is 14.5. The van der Waals surface area contributed by atoms with Crippen molar-refractivity contribution in [2.75, 3.05) is 35.3 Å². The fraction of sp³-hybridized carbons (Fsp3) is 0.769. The van der Waals surface area contributed by atoms with Gasteiger partial charge in [0, 0.05) is 25.4 Å². The molecule has 2 heterocycles. The van der Waals surface area contributed by atoms with Crippen molar-refractivity contribution >= 4 is 23.7 Å².